The summed E-state index contributed by atoms with van der Waals surface area (Å²) in [6.45, 7) is 11.9. The molecule has 0 unspecified atom stereocenters. The van der Waals surface area contributed by atoms with E-state index in [-0.39, 0.29) is 13.2 Å². The molecule has 0 saturated carbocycles. The van der Waals surface area contributed by atoms with Crippen molar-refractivity contribution >= 4 is 20.9 Å². The van der Waals surface area contributed by atoms with Gasteiger partial charge >= 0.3 is 20.9 Å². The van der Waals surface area contributed by atoms with E-state index >= 15 is 0 Å². The third-order valence-corrected chi connectivity index (χ3v) is 7.89. The molecule has 0 saturated heterocycles. The number of hydrogen-bond donors (Lipinski definition) is 1. The number of alkyl carbamates (subject to hydrolysis) is 1. The van der Waals surface area contributed by atoms with Gasteiger partial charge in [0.15, 0.2) is 0 Å². The minimum Gasteiger partial charge on any atom is -0.461 e. The van der Waals surface area contributed by atoms with Crippen LogP contribution in [0.25, 0.3) is 0 Å². The van der Waals surface area contributed by atoms with E-state index < -0.39 is 20.9 Å². The van der Waals surface area contributed by atoms with Crippen LogP contribution in [0.5, 0.6) is 0 Å². The third kappa shape index (κ3) is 17.2. The smallest absolute Gasteiger partial charge is 0.461 e. The number of carbonyl (C=O) groups excluding carboxylic acids is 2. The number of amides is 1. The Morgan fingerprint density at radius 3 is 1.75 bits per heavy atom. The van der Waals surface area contributed by atoms with Gasteiger partial charge in [0.1, 0.15) is 6.61 Å². The monoisotopic (exact) mass is 475 g/mol. The number of rotatable bonds is 22. The maximum Gasteiger partial charge on any atom is 0.500 e. The highest BCUT2D eigenvalue weighted by atomic mass is 28.4. The fraction of sp³-hybridized carbons (Fsp3) is 0.826. The van der Waals surface area contributed by atoms with Gasteiger partial charge in [-0.15, -0.1) is 0 Å². The Balaban J connectivity index is 3.56. The summed E-state index contributed by atoms with van der Waals surface area (Å²) in [6.07, 6.45) is 10.8. The van der Waals surface area contributed by atoms with Crippen molar-refractivity contribution < 1.29 is 32.3 Å². The lowest BCUT2D eigenvalue weighted by molar-refractivity contribution is -0.137. The number of nitrogens with one attached hydrogen (secondary N) is 1. The molecule has 0 aromatic heterocycles. The molecule has 1 N–H and O–H groups in total. The van der Waals surface area contributed by atoms with Crippen molar-refractivity contribution in [2.45, 2.75) is 84.6 Å². The molecule has 32 heavy (non-hydrogen) atoms. The lowest BCUT2D eigenvalue weighted by atomic mass is 10.1. The van der Waals surface area contributed by atoms with Crippen LogP contribution in [0.15, 0.2) is 12.7 Å². The number of esters is 1. The summed E-state index contributed by atoms with van der Waals surface area (Å²) in [7, 11) is -2.48. The van der Waals surface area contributed by atoms with Gasteiger partial charge in [-0.2, -0.15) is 0 Å². The number of carbonyl (C=O) groups is 2. The Hall–Kier alpha value is -1.42. The first-order valence-corrected chi connectivity index (χ1v) is 14.1. The van der Waals surface area contributed by atoms with E-state index in [0.717, 1.165) is 37.8 Å². The van der Waals surface area contributed by atoms with E-state index in [1.54, 1.807) is 0 Å². The summed E-state index contributed by atoms with van der Waals surface area (Å²) >= 11 is 0. The van der Waals surface area contributed by atoms with Crippen LogP contribution in [0.3, 0.4) is 0 Å². The molecule has 188 valence electrons. The van der Waals surface area contributed by atoms with Crippen LogP contribution >= 0.6 is 0 Å². The summed E-state index contributed by atoms with van der Waals surface area (Å²) in [5.41, 5.74) is 0. The Morgan fingerprint density at radius 2 is 1.25 bits per heavy atom. The first kappa shape index (κ1) is 30.6. The summed E-state index contributed by atoms with van der Waals surface area (Å²) in [4.78, 5) is 22.3. The normalized spacial score (nSPS) is 11.2. The number of unbranched alkanes of at least 4 members (excludes halogenated alkanes) is 8. The van der Waals surface area contributed by atoms with Gasteiger partial charge < -0.3 is 28.1 Å². The van der Waals surface area contributed by atoms with E-state index in [9.17, 15) is 9.59 Å². The fourth-order valence-electron chi connectivity index (χ4n) is 3.26. The molecule has 8 nitrogen and oxygen atoms in total. The zero-order valence-electron chi connectivity index (χ0n) is 20.5. The second-order valence-corrected chi connectivity index (χ2v) is 10.1. The van der Waals surface area contributed by atoms with Crippen LogP contribution in [-0.2, 0) is 27.5 Å². The quantitative estimate of drug-likeness (QED) is 0.102. The SMILES string of the molecule is C=CC(=O)OCCNC(=O)OCCCCCCCCCCC[Si](OCC)(OCC)OCC. The van der Waals surface area contributed by atoms with Crippen LogP contribution in [-0.4, -0.2) is 60.4 Å². The van der Waals surface area contributed by atoms with E-state index in [2.05, 4.69) is 11.9 Å². The molecule has 0 aliphatic heterocycles. The molecule has 0 radical (unpaired) electrons. The van der Waals surface area contributed by atoms with Gasteiger partial charge in [0.05, 0.1) is 13.2 Å². The second kappa shape index (κ2) is 21.4. The molecule has 0 spiro atoms. The van der Waals surface area contributed by atoms with Gasteiger partial charge in [0.25, 0.3) is 0 Å². The van der Waals surface area contributed by atoms with E-state index in [1.807, 2.05) is 20.8 Å². The summed E-state index contributed by atoms with van der Waals surface area (Å²) < 4.78 is 27.5. The molecule has 0 aromatic carbocycles. The zero-order valence-corrected chi connectivity index (χ0v) is 21.5. The number of ether oxygens (including phenoxy) is 2. The van der Waals surface area contributed by atoms with Gasteiger partial charge in [0.2, 0.25) is 0 Å². The average Bonchev–Trinajstić information content (AvgIpc) is 2.77. The minimum absolute atomic E-state index is 0.105. The van der Waals surface area contributed by atoms with Gasteiger partial charge in [-0.1, -0.05) is 51.5 Å². The van der Waals surface area contributed by atoms with E-state index in [1.165, 1.54) is 32.1 Å². The van der Waals surface area contributed by atoms with Crippen LogP contribution in [0.4, 0.5) is 4.79 Å². The Morgan fingerprint density at radius 1 is 0.750 bits per heavy atom. The van der Waals surface area contributed by atoms with Crippen LogP contribution in [0.2, 0.25) is 6.04 Å². The first-order valence-electron chi connectivity index (χ1n) is 12.1. The van der Waals surface area contributed by atoms with Crippen molar-refractivity contribution in [1.82, 2.24) is 5.32 Å². The Kier molecular flexibility index (Phi) is 20.5. The van der Waals surface area contributed by atoms with Crippen molar-refractivity contribution in [3.8, 4) is 0 Å². The maximum atomic E-state index is 11.5. The lowest BCUT2D eigenvalue weighted by Gasteiger charge is -2.28. The zero-order chi connectivity index (χ0) is 23.9. The molecule has 0 rings (SSSR count). The molecule has 0 aliphatic rings. The molecule has 0 bridgehead atoms. The minimum atomic E-state index is -2.48. The lowest BCUT2D eigenvalue weighted by Crippen LogP contribution is -2.45. The molecular formula is C23H45NO7Si. The van der Waals surface area contributed by atoms with Crippen molar-refractivity contribution in [2.75, 3.05) is 39.6 Å². The molecule has 0 atom stereocenters. The topological polar surface area (TPSA) is 92.3 Å². The van der Waals surface area contributed by atoms with Gasteiger partial charge in [-0.05, 0) is 33.6 Å². The predicted molar refractivity (Wildman–Crippen MR) is 127 cm³/mol. The highest BCUT2D eigenvalue weighted by Crippen LogP contribution is 2.21. The van der Waals surface area contributed by atoms with Crippen molar-refractivity contribution in [1.29, 1.82) is 0 Å². The highest BCUT2D eigenvalue weighted by molar-refractivity contribution is 6.60. The maximum absolute atomic E-state index is 11.5. The van der Waals surface area contributed by atoms with Crippen molar-refractivity contribution in [3.63, 3.8) is 0 Å². The standard InChI is InChI=1S/C23H45NO7Si/c1-5-22(25)27-20-18-24-23(26)28-19-16-14-12-10-9-11-13-15-17-21-32(29-6-2,30-7-3)31-8-4/h5H,1,6-21H2,2-4H3,(H,24,26). The van der Waals surface area contributed by atoms with Crippen LogP contribution in [0.1, 0.15) is 78.6 Å². The Bertz CT molecular complexity index is 474. The van der Waals surface area contributed by atoms with E-state index in [4.69, 9.17) is 22.8 Å². The molecule has 0 fully saturated rings. The summed E-state index contributed by atoms with van der Waals surface area (Å²) in [5.74, 6) is -0.506. The largest absolute Gasteiger partial charge is 0.500 e. The van der Waals surface area contributed by atoms with Gasteiger partial charge in [0, 0.05) is 31.9 Å². The molecule has 0 aliphatic carbocycles. The third-order valence-electron chi connectivity index (χ3n) is 4.74. The predicted octanol–water partition coefficient (Wildman–Crippen LogP) is 5.00. The Labute approximate surface area is 195 Å². The summed E-state index contributed by atoms with van der Waals surface area (Å²) in [6, 6.07) is 0.899. The van der Waals surface area contributed by atoms with Crippen LogP contribution < -0.4 is 5.32 Å². The van der Waals surface area contributed by atoms with Crippen LogP contribution in [0, 0.1) is 0 Å². The number of hydrogen-bond acceptors (Lipinski definition) is 7. The first-order chi connectivity index (χ1) is 15.5. The molecular weight excluding hydrogens is 430 g/mol. The van der Waals surface area contributed by atoms with Crippen molar-refractivity contribution in [3.05, 3.63) is 12.7 Å². The molecule has 0 aromatic rings. The van der Waals surface area contributed by atoms with Gasteiger partial charge in [-0.3, -0.25) is 0 Å². The second-order valence-electron chi connectivity index (χ2n) is 7.35. The molecule has 0 heterocycles. The van der Waals surface area contributed by atoms with Crippen molar-refractivity contribution in [2.24, 2.45) is 0 Å². The average molecular weight is 476 g/mol. The fourth-order valence-corrected chi connectivity index (χ4v) is 5.95. The molecule has 9 heteroatoms. The van der Waals surface area contributed by atoms with Gasteiger partial charge in [-0.25, -0.2) is 9.59 Å². The summed E-state index contributed by atoms with van der Waals surface area (Å²) in [5, 5.41) is 2.53. The van der Waals surface area contributed by atoms with E-state index in [0.29, 0.717) is 26.4 Å². The highest BCUT2D eigenvalue weighted by Gasteiger charge is 2.39. The molecule has 1 amide bonds.